The summed E-state index contributed by atoms with van der Waals surface area (Å²) >= 11 is 0. The first kappa shape index (κ1) is 15.6. The molecule has 1 unspecified atom stereocenters. The second kappa shape index (κ2) is 7.26. The maximum Gasteiger partial charge on any atom is 0.247 e. The summed E-state index contributed by atoms with van der Waals surface area (Å²) in [6.45, 7) is 1.12. The molecule has 0 aliphatic rings. The van der Waals surface area contributed by atoms with Crippen molar-refractivity contribution in [3.05, 3.63) is 36.0 Å². The Balaban J connectivity index is 1.95. The highest BCUT2D eigenvalue weighted by atomic mass is 19.1. The van der Waals surface area contributed by atoms with E-state index in [4.69, 9.17) is 9.15 Å². The minimum atomic E-state index is -0.570. The highest BCUT2D eigenvalue weighted by Crippen LogP contribution is 2.18. The summed E-state index contributed by atoms with van der Waals surface area (Å²) < 4.78 is 23.2. The normalized spacial score (nSPS) is 12.8. The summed E-state index contributed by atoms with van der Waals surface area (Å²) in [5.41, 5.74) is 0.664. The van der Waals surface area contributed by atoms with Gasteiger partial charge in [0.15, 0.2) is 0 Å². The van der Waals surface area contributed by atoms with Gasteiger partial charge in [-0.3, -0.25) is 4.90 Å². The fraction of sp³-hybridized carbons (Fsp3) is 0.429. The van der Waals surface area contributed by atoms with E-state index >= 15 is 0 Å². The zero-order chi connectivity index (χ0) is 15.2. The average molecular weight is 295 g/mol. The number of hydrogen-bond acceptors (Lipinski definition) is 6. The zero-order valence-corrected chi connectivity index (χ0v) is 12.0. The van der Waals surface area contributed by atoms with E-state index in [0.717, 1.165) is 0 Å². The lowest BCUT2D eigenvalue weighted by atomic mass is 10.2. The van der Waals surface area contributed by atoms with Gasteiger partial charge in [-0.2, -0.15) is 0 Å². The lowest BCUT2D eigenvalue weighted by molar-refractivity contribution is 0.0404. The first-order valence-electron chi connectivity index (χ1n) is 6.52. The molecule has 1 atom stereocenters. The monoisotopic (exact) mass is 295 g/mol. The molecule has 7 heteroatoms. The molecule has 2 rings (SSSR count). The van der Waals surface area contributed by atoms with Gasteiger partial charge in [0.2, 0.25) is 11.8 Å². The van der Waals surface area contributed by atoms with Crippen molar-refractivity contribution in [1.29, 1.82) is 0 Å². The Hall–Kier alpha value is -1.83. The number of hydrogen-bond donors (Lipinski definition) is 1. The fourth-order valence-corrected chi connectivity index (χ4v) is 1.93. The maximum atomic E-state index is 12.9. The van der Waals surface area contributed by atoms with E-state index in [1.54, 1.807) is 12.1 Å². The first-order valence-corrected chi connectivity index (χ1v) is 6.52. The molecule has 0 radical (unpaired) electrons. The molecule has 1 heterocycles. The van der Waals surface area contributed by atoms with Gasteiger partial charge >= 0.3 is 0 Å². The molecule has 1 aromatic heterocycles. The van der Waals surface area contributed by atoms with Crippen molar-refractivity contribution in [2.45, 2.75) is 12.6 Å². The molecular formula is C14H18FN3O3. The van der Waals surface area contributed by atoms with Crippen LogP contribution in [0.5, 0.6) is 0 Å². The number of aliphatic hydroxyl groups excluding tert-OH is 1. The predicted molar refractivity (Wildman–Crippen MR) is 73.9 cm³/mol. The van der Waals surface area contributed by atoms with Crippen LogP contribution >= 0.6 is 0 Å². The number of halogens is 1. The van der Waals surface area contributed by atoms with Gasteiger partial charge in [0.05, 0.1) is 19.3 Å². The summed E-state index contributed by atoms with van der Waals surface area (Å²) in [6.07, 6.45) is -0.570. The van der Waals surface area contributed by atoms with Gasteiger partial charge in [-0.1, -0.05) is 0 Å². The molecular weight excluding hydrogens is 277 g/mol. The van der Waals surface area contributed by atoms with Crippen molar-refractivity contribution in [1.82, 2.24) is 15.1 Å². The van der Waals surface area contributed by atoms with Gasteiger partial charge in [0.25, 0.3) is 0 Å². The molecule has 0 saturated heterocycles. The number of likely N-dealkylation sites (N-methyl/N-ethyl adjacent to an activating group) is 1. The second-order valence-electron chi connectivity index (χ2n) is 4.81. The minimum Gasteiger partial charge on any atom is -0.419 e. The topological polar surface area (TPSA) is 71.6 Å². The summed E-state index contributed by atoms with van der Waals surface area (Å²) in [5.74, 6) is 0.461. The third-order valence-corrected chi connectivity index (χ3v) is 2.84. The Bertz CT molecular complexity index is 559. The maximum absolute atomic E-state index is 12.9. The Morgan fingerprint density at radius 1 is 1.33 bits per heavy atom. The van der Waals surface area contributed by atoms with Crippen LogP contribution in [0.1, 0.15) is 5.89 Å². The van der Waals surface area contributed by atoms with Gasteiger partial charge in [-0.25, -0.2) is 4.39 Å². The van der Waals surface area contributed by atoms with Crippen LogP contribution in [0.25, 0.3) is 11.5 Å². The average Bonchev–Trinajstić information content (AvgIpc) is 2.88. The lowest BCUT2D eigenvalue weighted by Crippen LogP contribution is -2.31. The zero-order valence-electron chi connectivity index (χ0n) is 12.0. The molecule has 0 amide bonds. The molecule has 0 aliphatic heterocycles. The van der Waals surface area contributed by atoms with Crippen LogP contribution in [-0.2, 0) is 11.3 Å². The summed E-state index contributed by atoms with van der Waals surface area (Å²) in [7, 11) is 3.37. The molecule has 114 valence electrons. The smallest absolute Gasteiger partial charge is 0.247 e. The molecule has 0 fully saturated rings. The van der Waals surface area contributed by atoms with E-state index in [2.05, 4.69) is 10.2 Å². The Morgan fingerprint density at radius 3 is 2.71 bits per heavy atom. The van der Waals surface area contributed by atoms with E-state index in [-0.39, 0.29) is 12.4 Å². The van der Waals surface area contributed by atoms with Crippen LogP contribution in [0.2, 0.25) is 0 Å². The molecule has 0 bridgehead atoms. The second-order valence-corrected chi connectivity index (χ2v) is 4.81. The molecule has 1 aromatic carbocycles. The Morgan fingerprint density at radius 2 is 2.05 bits per heavy atom. The molecule has 0 aliphatic carbocycles. The van der Waals surface area contributed by atoms with Crippen molar-refractivity contribution in [2.75, 3.05) is 27.3 Å². The van der Waals surface area contributed by atoms with Crippen LogP contribution in [-0.4, -0.2) is 53.6 Å². The van der Waals surface area contributed by atoms with Crippen LogP contribution in [0, 0.1) is 5.82 Å². The number of ether oxygens (including phenoxy) is 1. The van der Waals surface area contributed by atoms with E-state index in [1.165, 1.54) is 19.2 Å². The molecule has 2 aromatic rings. The van der Waals surface area contributed by atoms with Crippen LogP contribution in [0.15, 0.2) is 28.7 Å². The van der Waals surface area contributed by atoms with E-state index < -0.39 is 6.10 Å². The molecule has 21 heavy (non-hydrogen) atoms. The van der Waals surface area contributed by atoms with Gasteiger partial charge in [-0.15, -0.1) is 10.2 Å². The van der Waals surface area contributed by atoms with Crippen LogP contribution < -0.4 is 0 Å². The van der Waals surface area contributed by atoms with E-state index in [0.29, 0.717) is 30.4 Å². The number of methoxy groups -OCH3 is 1. The highest BCUT2D eigenvalue weighted by molar-refractivity contribution is 5.51. The highest BCUT2D eigenvalue weighted by Gasteiger charge is 2.13. The van der Waals surface area contributed by atoms with Crippen molar-refractivity contribution in [3.63, 3.8) is 0 Å². The van der Waals surface area contributed by atoms with Gasteiger partial charge < -0.3 is 14.3 Å². The number of aromatic nitrogens is 2. The molecule has 0 spiro atoms. The van der Waals surface area contributed by atoms with Gasteiger partial charge in [-0.05, 0) is 31.3 Å². The van der Waals surface area contributed by atoms with E-state index in [9.17, 15) is 9.50 Å². The van der Waals surface area contributed by atoms with E-state index in [1.807, 2.05) is 11.9 Å². The predicted octanol–water partition coefficient (Wildman–Crippen LogP) is 1.31. The SMILES string of the molecule is COCC(O)CN(C)Cc1nnc(-c2ccc(F)cc2)o1. The first-order chi connectivity index (χ1) is 10.1. The van der Waals surface area contributed by atoms with Gasteiger partial charge in [0.1, 0.15) is 5.82 Å². The Labute approximate surface area is 122 Å². The third-order valence-electron chi connectivity index (χ3n) is 2.84. The largest absolute Gasteiger partial charge is 0.419 e. The summed E-state index contributed by atoms with van der Waals surface area (Å²) in [6, 6.07) is 5.84. The number of nitrogens with zero attached hydrogens (tertiary/aromatic N) is 3. The fourth-order valence-electron chi connectivity index (χ4n) is 1.93. The quantitative estimate of drug-likeness (QED) is 0.830. The molecule has 1 N–H and O–H groups in total. The van der Waals surface area contributed by atoms with Gasteiger partial charge in [0, 0.05) is 19.2 Å². The van der Waals surface area contributed by atoms with Crippen molar-refractivity contribution in [2.24, 2.45) is 0 Å². The van der Waals surface area contributed by atoms with Crippen LogP contribution in [0.4, 0.5) is 4.39 Å². The van der Waals surface area contributed by atoms with Crippen molar-refractivity contribution >= 4 is 0 Å². The number of rotatable bonds is 7. The summed E-state index contributed by atoms with van der Waals surface area (Å²) in [4.78, 5) is 1.85. The lowest BCUT2D eigenvalue weighted by Gasteiger charge is -2.18. The minimum absolute atomic E-state index is 0.273. The summed E-state index contributed by atoms with van der Waals surface area (Å²) in [5, 5.41) is 17.5. The molecule has 0 saturated carbocycles. The molecule has 6 nitrogen and oxygen atoms in total. The van der Waals surface area contributed by atoms with Crippen molar-refractivity contribution in [3.8, 4) is 11.5 Å². The number of benzene rings is 1. The third kappa shape index (κ3) is 4.59. The van der Waals surface area contributed by atoms with Crippen LogP contribution in [0.3, 0.4) is 0 Å². The standard InChI is InChI=1S/C14H18FN3O3/c1-18(7-12(19)9-20-2)8-13-16-17-14(21-13)10-3-5-11(15)6-4-10/h3-6,12,19H,7-9H2,1-2H3. The van der Waals surface area contributed by atoms with Crippen molar-refractivity contribution < 1.29 is 18.7 Å². The number of aliphatic hydroxyl groups is 1. The Kier molecular flexibility index (Phi) is 5.38.